The smallest absolute Gasteiger partial charge is 0.105 e. The highest BCUT2D eigenvalue weighted by atomic mass is 16.3. The number of hydrogen-bond donors (Lipinski definition) is 1. The third-order valence-electron chi connectivity index (χ3n) is 24.4. The van der Waals surface area contributed by atoms with Crippen LogP contribution < -0.4 is 0 Å². The second-order valence-corrected chi connectivity index (χ2v) is 31.5. The van der Waals surface area contributed by atoms with Gasteiger partial charge in [0, 0.05) is 0 Å². The molecule has 0 amide bonds. The van der Waals surface area contributed by atoms with Crippen molar-refractivity contribution in [1.29, 1.82) is 0 Å². The molecule has 0 aromatic heterocycles. The molecule has 9 aliphatic carbocycles. The molecule has 27 rings (SSSR count). The second-order valence-electron chi connectivity index (χ2n) is 31.5. The molecule has 1 nitrogen and oxygen atoms in total. The molecule has 0 spiro atoms. The van der Waals surface area contributed by atoms with Gasteiger partial charge in [0.15, 0.2) is 0 Å². The molecule has 0 bridgehead atoms. The molecule has 18 aromatic rings. The normalized spacial score (nSPS) is 12.5. The molecule has 0 fully saturated rings. The maximum absolute atomic E-state index is 10.0. The average Bonchev–Trinajstić information content (AvgIpc) is 1.63. The summed E-state index contributed by atoms with van der Waals surface area (Å²) in [5, 5.41) is 10.0. The summed E-state index contributed by atoms with van der Waals surface area (Å²) in [5.41, 5.74) is 50.4. The van der Waals surface area contributed by atoms with Crippen molar-refractivity contribution in [1.82, 2.24) is 0 Å². The highest BCUT2D eigenvalue weighted by molar-refractivity contribution is 5.84. The third-order valence-corrected chi connectivity index (χ3v) is 24.4. The summed E-state index contributed by atoms with van der Waals surface area (Å²) in [6.45, 7) is 0. The SMILES string of the molecule is OC1c2ccccc2-c2ccccc21.c1ccc2c(c1)Cc1ccccc1-2.c1ccc2c(c1)Cc1ccccc1-2.c1ccc2c(c1)Cc1ccccc1-2.c1ccc2c(c1)Cc1ccccc1-2.c1ccc2c(c1)Cc1ccccc1-2.c1ccc2c(c1)Cc1ccccc1-2.c1ccc2c(c1)Cc1ccccc1-2.c1ccc2c(c1)Cc1ccccc1-2. The Morgan fingerprint density at radius 2 is 0.195 bits per heavy atom. The largest absolute Gasteiger partial charge is 0.384 e. The van der Waals surface area contributed by atoms with E-state index in [1.807, 2.05) is 36.4 Å². The predicted octanol–water partition coefficient (Wildman–Crippen LogP) is 28.8. The van der Waals surface area contributed by atoms with E-state index in [0.29, 0.717) is 0 Å². The number of fused-ring (bicyclic) bond motifs is 27. The molecule has 118 heavy (non-hydrogen) atoms. The van der Waals surface area contributed by atoms with Crippen molar-refractivity contribution >= 4 is 0 Å². The fourth-order valence-corrected chi connectivity index (χ4v) is 18.8. The topological polar surface area (TPSA) is 20.2 Å². The molecule has 0 unspecified atom stereocenters. The van der Waals surface area contributed by atoms with E-state index >= 15 is 0 Å². The summed E-state index contributed by atoms with van der Waals surface area (Å²) in [5.74, 6) is 0. The van der Waals surface area contributed by atoms with Crippen molar-refractivity contribution in [2.24, 2.45) is 0 Å². The molecular weight excluding hydrogens is 1420 g/mol. The minimum absolute atomic E-state index is 0.442. The number of benzene rings is 18. The van der Waals surface area contributed by atoms with Crippen molar-refractivity contribution in [3.63, 3.8) is 0 Å². The molecule has 0 atom stereocenters. The van der Waals surface area contributed by atoms with Crippen LogP contribution in [0.3, 0.4) is 0 Å². The Labute approximate surface area is 694 Å². The van der Waals surface area contributed by atoms with Crippen molar-refractivity contribution in [2.75, 3.05) is 0 Å². The monoisotopic (exact) mass is 1510 g/mol. The molecule has 9 aliphatic rings. The summed E-state index contributed by atoms with van der Waals surface area (Å²) in [4.78, 5) is 0. The van der Waals surface area contributed by atoms with Gasteiger partial charge < -0.3 is 5.11 Å². The Bertz CT molecular complexity index is 5220. The van der Waals surface area contributed by atoms with Crippen LogP contribution in [-0.2, 0) is 51.4 Å². The minimum Gasteiger partial charge on any atom is -0.384 e. The second kappa shape index (κ2) is 34.2. The van der Waals surface area contributed by atoms with E-state index in [1.165, 1.54) is 178 Å². The van der Waals surface area contributed by atoms with Gasteiger partial charge in [0.05, 0.1) is 0 Å². The van der Waals surface area contributed by atoms with Gasteiger partial charge in [-0.1, -0.05) is 437 Å². The molecule has 0 aliphatic heterocycles. The quantitative estimate of drug-likeness (QED) is 0.160. The molecule has 0 heterocycles. The lowest BCUT2D eigenvalue weighted by atomic mass is 10.1. The minimum atomic E-state index is -0.442. The van der Waals surface area contributed by atoms with E-state index in [4.69, 9.17) is 0 Å². The van der Waals surface area contributed by atoms with Gasteiger partial charge in [-0.3, -0.25) is 0 Å². The first kappa shape index (κ1) is 74.1. The Kier molecular flexibility index (Phi) is 21.4. The predicted molar refractivity (Wildman–Crippen MR) is 493 cm³/mol. The lowest BCUT2D eigenvalue weighted by Gasteiger charge is -2.03. The zero-order valence-corrected chi connectivity index (χ0v) is 66.3. The van der Waals surface area contributed by atoms with Gasteiger partial charge in [-0.15, -0.1) is 0 Å². The van der Waals surface area contributed by atoms with Crippen LogP contribution in [0.5, 0.6) is 0 Å². The van der Waals surface area contributed by atoms with Crippen LogP contribution in [0, 0.1) is 0 Å². The Morgan fingerprint density at radius 1 is 0.110 bits per heavy atom. The van der Waals surface area contributed by atoms with Gasteiger partial charge in [0.25, 0.3) is 0 Å². The molecule has 18 aromatic carbocycles. The highest BCUT2D eigenvalue weighted by Crippen LogP contribution is 2.45. The summed E-state index contributed by atoms with van der Waals surface area (Å²) < 4.78 is 0. The maximum atomic E-state index is 10.0. The maximum Gasteiger partial charge on any atom is 0.105 e. The van der Waals surface area contributed by atoms with Gasteiger partial charge in [-0.25, -0.2) is 0 Å². The summed E-state index contributed by atoms with van der Waals surface area (Å²) in [7, 11) is 0. The fraction of sp³-hybridized carbons (Fsp3) is 0.0769. The fourth-order valence-electron chi connectivity index (χ4n) is 18.8. The standard InChI is InChI=1S/C13H10O.8C13H10/c14-13-11-7-3-1-5-9(11)10-6-2-4-8-12(10)13;8*1-3-7-12-10(5-1)9-11-6-2-4-8-13(11)12/h1-8,13-14H;8*1-8H,9H2. The van der Waals surface area contributed by atoms with Crippen LogP contribution >= 0.6 is 0 Å². The first-order chi connectivity index (χ1) is 58.5. The van der Waals surface area contributed by atoms with Crippen molar-refractivity contribution < 1.29 is 5.11 Å². The van der Waals surface area contributed by atoms with Gasteiger partial charge in [0.1, 0.15) is 6.10 Å². The summed E-state index contributed by atoms with van der Waals surface area (Å²) >= 11 is 0. The van der Waals surface area contributed by atoms with Gasteiger partial charge >= 0.3 is 0 Å². The van der Waals surface area contributed by atoms with Crippen LogP contribution in [0.1, 0.15) is 106 Å². The Morgan fingerprint density at radius 3 is 0.305 bits per heavy atom. The van der Waals surface area contributed by atoms with Crippen LogP contribution in [0.25, 0.3) is 100 Å². The van der Waals surface area contributed by atoms with E-state index in [0.717, 1.165) is 73.6 Å². The first-order valence-electron chi connectivity index (χ1n) is 41.6. The van der Waals surface area contributed by atoms with Crippen LogP contribution in [0.2, 0.25) is 0 Å². The number of aliphatic hydroxyl groups is 1. The zero-order valence-electron chi connectivity index (χ0n) is 66.3. The summed E-state index contributed by atoms with van der Waals surface area (Å²) in [6, 6.07) is 155. The van der Waals surface area contributed by atoms with E-state index in [1.54, 1.807) is 0 Å². The summed E-state index contributed by atoms with van der Waals surface area (Å²) in [6.07, 6.45) is 8.39. The Balaban J connectivity index is 0.0000000882. The number of rotatable bonds is 0. The average molecular weight is 1510 g/mol. The van der Waals surface area contributed by atoms with Gasteiger partial charge in [-0.2, -0.15) is 0 Å². The molecule has 0 radical (unpaired) electrons. The van der Waals surface area contributed by atoms with Crippen LogP contribution in [0.15, 0.2) is 437 Å². The van der Waals surface area contributed by atoms with E-state index in [-0.39, 0.29) is 0 Å². The molecule has 0 saturated heterocycles. The highest BCUT2D eigenvalue weighted by Gasteiger charge is 2.27. The first-order valence-corrected chi connectivity index (χ1v) is 41.6. The van der Waals surface area contributed by atoms with Crippen LogP contribution in [-0.4, -0.2) is 5.11 Å². The Hall–Kier alpha value is -14.1. The molecule has 1 N–H and O–H groups in total. The number of hydrogen-bond acceptors (Lipinski definition) is 1. The van der Waals surface area contributed by atoms with E-state index in [2.05, 4.69) is 400 Å². The lowest BCUT2D eigenvalue weighted by Crippen LogP contribution is -1.92. The lowest BCUT2D eigenvalue weighted by molar-refractivity contribution is 0.225. The van der Waals surface area contributed by atoms with E-state index in [9.17, 15) is 5.11 Å². The van der Waals surface area contributed by atoms with Crippen molar-refractivity contribution in [3.8, 4) is 100 Å². The molecule has 0 saturated carbocycles. The van der Waals surface area contributed by atoms with Crippen molar-refractivity contribution in [2.45, 2.75) is 57.5 Å². The third kappa shape index (κ3) is 15.4. The zero-order chi connectivity index (χ0) is 78.9. The molecule has 1 heteroatoms. The number of aliphatic hydroxyl groups excluding tert-OH is 1. The van der Waals surface area contributed by atoms with Gasteiger partial charge in [0.2, 0.25) is 0 Å². The van der Waals surface area contributed by atoms with Crippen molar-refractivity contribution in [3.05, 3.63) is 537 Å². The van der Waals surface area contributed by atoms with Gasteiger partial charge in [-0.05, 0) is 252 Å². The van der Waals surface area contributed by atoms with E-state index < -0.39 is 6.10 Å². The molecular formula is C117H90O. The molecule has 564 valence electrons. The van der Waals surface area contributed by atoms with Crippen LogP contribution in [0.4, 0.5) is 0 Å².